The van der Waals surface area contributed by atoms with Crippen molar-refractivity contribution in [2.24, 2.45) is 10.9 Å². The van der Waals surface area contributed by atoms with E-state index in [0.717, 1.165) is 11.3 Å². The van der Waals surface area contributed by atoms with Crippen LogP contribution >= 0.6 is 0 Å². The summed E-state index contributed by atoms with van der Waals surface area (Å²) in [4.78, 5) is 0. The summed E-state index contributed by atoms with van der Waals surface area (Å²) < 4.78 is 5.69. The lowest BCUT2D eigenvalue weighted by molar-refractivity contribution is 0.575. The molecule has 0 aliphatic rings. The van der Waals surface area contributed by atoms with Gasteiger partial charge >= 0.3 is 0 Å². The zero-order chi connectivity index (χ0) is 12.4. The molecule has 0 unspecified atom stereocenters. The van der Waals surface area contributed by atoms with Crippen LogP contribution in [0.4, 0.5) is 0 Å². The first-order chi connectivity index (χ1) is 8.88. The second-order valence-electron chi connectivity index (χ2n) is 4.01. The van der Waals surface area contributed by atoms with E-state index in [1.807, 2.05) is 36.4 Å². The van der Waals surface area contributed by atoms with Crippen molar-refractivity contribution in [3.63, 3.8) is 0 Å². The molecule has 0 radical (unpaired) electrons. The minimum atomic E-state index is 0.653. The summed E-state index contributed by atoms with van der Waals surface area (Å²) in [5.41, 5.74) is 1.07. The van der Waals surface area contributed by atoms with E-state index in [1.54, 1.807) is 0 Å². The van der Waals surface area contributed by atoms with Gasteiger partial charge in [-0.05, 0) is 22.9 Å². The summed E-state index contributed by atoms with van der Waals surface area (Å²) in [6, 6.07) is 18.2. The van der Waals surface area contributed by atoms with E-state index >= 15 is 0 Å². The normalized spacial score (nSPS) is 11.3. The third-order valence-electron chi connectivity index (χ3n) is 2.88. The van der Waals surface area contributed by atoms with Crippen LogP contribution in [-0.2, 0) is 0 Å². The average Bonchev–Trinajstić information content (AvgIpc) is 2.87. The van der Waals surface area contributed by atoms with Gasteiger partial charge in [0.25, 0.3) is 0 Å². The minimum absolute atomic E-state index is 0.653. The number of nitrogens with two attached hydrogens (primary N) is 1. The second-order valence-corrected chi connectivity index (χ2v) is 4.01. The molecule has 0 spiro atoms. The van der Waals surface area contributed by atoms with Crippen LogP contribution in [0, 0.1) is 0 Å². The van der Waals surface area contributed by atoms with Crippen LogP contribution in [0.1, 0.15) is 5.76 Å². The molecular weight excluding hydrogens is 224 g/mol. The maximum absolute atomic E-state index is 5.69. The Morgan fingerprint density at radius 1 is 0.944 bits per heavy atom. The largest absolute Gasteiger partial charge is 0.455 e. The minimum Gasteiger partial charge on any atom is -0.455 e. The molecule has 1 heterocycles. The number of fused-ring (bicyclic) bond motifs is 1. The molecule has 18 heavy (non-hydrogen) atoms. The fourth-order valence-electron chi connectivity index (χ4n) is 2.08. The standard InChI is InChI=1S/C15H12N2O/c16-17-10-12-8-9-15(18-12)14-7-3-5-11-4-1-2-6-13(11)14/h1-10H,16H2. The third kappa shape index (κ3) is 1.76. The monoisotopic (exact) mass is 236 g/mol. The topological polar surface area (TPSA) is 51.5 Å². The first-order valence-corrected chi connectivity index (χ1v) is 5.70. The molecule has 0 aliphatic carbocycles. The smallest absolute Gasteiger partial charge is 0.147 e. The van der Waals surface area contributed by atoms with Crippen molar-refractivity contribution < 1.29 is 4.42 Å². The molecule has 3 rings (SSSR count). The van der Waals surface area contributed by atoms with Crippen LogP contribution in [0.3, 0.4) is 0 Å². The lowest BCUT2D eigenvalue weighted by atomic mass is 10.0. The average molecular weight is 236 g/mol. The molecule has 3 nitrogen and oxygen atoms in total. The van der Waals surface area contributed by atoms with Crippen LogP contribution in [0.15, 0.2) is 64.1 Å². The summed E-state index contributed by atoms with van der Waals surface area (Å²) in [7, 11) is 0. The summed E-state index contributed by atoms with van der Waals surface area (Å²) in [5.74, 6) is 6.58. The highest BCUT2D eigenvalue weighted by atomic mass is 16.3. The van der Waals surface area contributed by atoms with Crippen molar-refractivity contribution in [3.8, 4) is 11.3 Å². The van der Waals surface area contributed by atoms with Gasteiger partial charge in [-0.25, -0.2) is 0 Å². The fourth-order valence-corrected chi connectivity index (χ4v) is 2.08. The Hall–Kier alpha value is -2.55. The SMILES string of the molecule is NN=Cc1ccc(-c2cccc3ccccc23)o1. The van der Waals surface area contributed by atoms with Gasteiger partial charge in [0.15, 0.2) is 0 Å². The van der Waals surface area contributed by atoms with Gasteiger partial charge in [0, 0.05) is 5.56 Å². The Morgan fingerprint density at radius 2 is 1.78 bits per heavy atom. The van der Waals surface area contributed by atoms with Crippen molar-refractivity contribution >= 4 is 17.0 Å². The molecule has 1 aromatic heterocycles. The fraction of sp³-hybridized carbons (Fsp3) is 0. The molecule has 0 amide bonds. The van der Waals surface area contributed by atoms with Crippen molar-refractivity contribution in [2.75, 3.05) is 0 Å². The van der Waals surface area contributed by atoms with E-state index in [1.165, 1.54) is 17.0 Å². The predicted molar refractivity (Wildman–Crippen MR) is 73.4 cm³/mol. The van der Waals surface area contributed by atoms with Crippen molar-refractivity contribution in [1.82, 2.24) is 0 Å². The molecule has 3 aromatic rings. The van der Waals surface area contributed by atoms with E-state index < -0.39 is 0 Å². The van der Waals surface area contributed by atoms with Gasteiger partial charge in [-0.3, -0.25) is 0 Å². The molecule has 0 bridgehead atoms. The molecule has 2 aromatic carbocycles. The maximum atomic E-state index is 5.69. The molecular formula is C15H12N2O. The number of rotatable bonds is 2. The quantitative estimate of drug-likeness (QED) is 0.421. The Kier molecular flexibility index (Phi) is 2.57. The van der Waals surface area contributed by atoms with Gasteiger partial charge in [-0.2, -0.15) is 5.10 Å². The zero-order valence-corrected chi connectivity index (χ0v) is 9.71. The first-order valence-electron chi connectivity index (χ1n) is 5.70. The van der Waals surface area contributed by atoms with Gasteiger partial charge in [0.1, 0.15) is 11.5 Å². The highest BCUT2D eigenvalue weighted by molar-refractivity contribution is 5.95. The molecule has 0 fully saturated rings. The zero-order valence-electron chi connectivity index (χ0n) is 9.71. The van der Waals surface area contributed by atoms with E-state index in [0.29, 0.717) is 5.76 Å². The van der Waals surface area contributed by atoms with Gasteiger partial charge in [0.2, 0.25) is 0 Å². The van der Waals surface area contributed by atoms with Gasteiger partial charge in [0.05, 0.1) is 6.21 Å². The predicted octanol–water partition coefficient (Wildman–Crippen LogP) is 3.39. The number of benzene rings is 2. The van der Waals surface area contributed by atoms with E-state index in [2.05, 4.69) is 23.3 Å². The van der Waals surface area contributed by atoms with Crippen LogP contribution in [-0.4, -0.2) is 6.21 Å². The third-order valence-corrected chi connectivity index (χ3v) is 2.88. The molecule has 0 atom stereocenters. The van der Waals surface area contributed by atoms with Crippen LogP contribution in [0.5, 0.6) is 0 Å². The highest BCUT2D eigenvalue weighted by Crippen LogP contribution is 2.29. The summed E-state index contributed by atoms with van der Waals surface area (Å²) in [6.07, 6.45) is 1.49. The van der Waals surface area contributed by atoms with E-state index in [9.17, 15) is 0 Å². The van der Waals surface area contributed by atoms with E-state index in [4.69, 9.17) is 10.3 Å². The second kappa shape index (κ2) is 4.37. The molecule has 0 aliphatic heterocycles. The van der Waals surface area contributed by atoms with Crippen molar-refractivity contribution in [3.05, 3.63) is 60.4 Å². The van der Waals surface area contributed by atoms with Crippen LogP contribution in [0.2, 0.25) is 0 Å². The number of hydrogen-bond acceptors (Lipinski definition) is 3. The van der Waals surface area contributed by atoms with E-state index in [-0.39, 0.29) is 0 Å². The summed E-state index contributed by atoms with van der Waals surface area (Å²) in [5, 5.41) is 5.82. The molecule has 0 saturated carbocycles. The highest BCUT2D eigenvalue weighted by Gasteiger charge is 2.07. The van der Waals surface area contributed by atoms with Crippen molar-refractivity contribution in [1.29, 1.82) is 0 Å². The Morgan fingerprint density at radius 3 is 2.67 bits per heavy atom. The maximum Gasteiger partial charge on any atom is 0.147 e. The number of nitrogens with zero attached hydrogens (tertiary/aromatic N) is 1. The number of furan rings is 1. The summed E-state index contributed by atoms with van der Waals surface area (Å²) >= 11 is 0. The van der Waals surface area contributed by atoms with Crippen molar-refractivity contribution in [2.45, 2.75) is 0 Å². The first kappa shape index (κ1) is 10.6. The molecule has 0 saturated heterocycles. The molecule has 88 valence electrons. The molecule has 2 N–H and O–H groups in total. The Labute approximate surface area is 105 Å². The van der Waals surface area contributed by atoms with Gasteiger partial charge in [-0.15, -0.1) is 0 Å². The number of hydrogen-bond donors (Lipinski definition) is 1. The Bertz CT molecular complexity index is 708. The van der Waals surface area contributed by atoms with Crippen LogP contribution < -0.4 is 5.84 Å². The molecule has 3 heteroatoms. The number of hydrazone groups is 1. The van der Waals surface area contributed by atoms with Gasteiger partial charge in [-0.1, -0.05) is 42.5 Å². The van der Waals surface area contributed by atoms with Gasteiger partial charge < -0.3 is 10.3 Å². The lowest BCUT2D eigenvalue weighted by Gasteiger charge is -2.03. The van der Waals surface area contributed by atoms with Crippen LogP contribution in [0.25, 0.3) is 22.1 Å². The summed E-state index contributed by atoms with van der Waals surface area (Å²) in [6.45, 7) is 0. The Balaban J connectivity index is 2.18. The lowest BCUT2D eigenvalue weighted by Crippen LogP contribution is -1.82.